The molecule has 0 aliphatic carbocycles. The van der Waals surface area contributed by atoms with Gasteiger partial charge in [-0.15, -0.1) is 0 Å². The third kappa shape index (κ3) is 3.70. The minimum absolute atomic E-state index is 0.0575. The summed E-state index contributed by atoms with van der Waals surface area (Å²) in [6.07, 6.45) is -5.27. The Morgan fingerprint density at radius 3 is 2.62 bits per heavy atom. The summed E-state index contributed by atoms with van der Waals surface area (Å²) in [6, 6.07) is 4.77. The first-order chi connectivity index (χ1) is 11.1. The number of aryl methyl sites for hydroxylation is 1. The molecule has 0 aliphatic rings. The lowest BCUT2D eigenvalue weighted by Gasteiger charge is -2.20. The third-order valence-corrected chi connectivity index (χ3v) is 3.78. The van der Waals surface area contributed by atoms with Gasteiger partial charge in [-0.2, -0.15) is 13.2 Å². The monoisotopic (exact) mass is 344 g/mol. The summed E-state index contributed by atoms with van der Waals surface area (Å²) in [5.41, 5.74) is 0.0112. The summed E-state index contributed by atoms with van der Waals surface area (Å²) in [6.45, 7) is 0.143. The van der Waals surface area contributed by atoms with Gasteiger partial charge in [0.15, 0.2) is 0 Å². The van der Waals surface area contributed by atoms with Gasteiger partial charge in [-0.3, -0.25) is 4.79 Å². The van der Waals surface area contributed by atoms with Gasteiger partial charge in [0, 0.05) is 38.7 Å². The second kappa shape index (κ2) is 6.82. The van der Waals surface area contributed by atoms with Crippen molar-refractivity contribution in [1.29, 1.82) is 0 Å². The molecular formula is C16H19F3N2O3. The number of halogens is 3. The highest BCUT2D eigenvalue weighted by Crippen LogP contribution is 2.32. The van der Waals surface area contributed by atoms with E-state index in [0.717, 1.165) is 12.1 Å². The molecule has 1 amide bonds. The fraction of sp³-hybridized carbons (Fsp3) is 0.438. The first-order valence-corrected chi connectivity index (χ1v) is 7.24. The number of hydrogen-bond donors (Lipinski definition) is 1. The highest BCUT2D eigenvalue weighted by molar-refractivity contribution is 5.98. The predicted molar refractivity (Wildman–Crippen MR) is 82.8 cm³/mol. The van der Waals surface area contributed by atoms with E-state index in [4.69, 9.17) is 4.74 Å². The topological polar surface area (TPSA) is 54.7 Å². The van der Waals surface area contributed by atoms with Crippen LogP contribution < -0.4 is 0 Å². The Labute approximate surface area is 137 Å². The molecule has 0 unspecified atom stereocenters. The number of aliphatic hydroxyl groups excluding tert-OH is 1. The van der Waals surface area contributed by atoms with Gasteiger partial charge in [0.25, 0.3) is 5.91 Å². The predicted octanol–water partition coefficient (Wildman–Crippen LogP) is 2.28. The van der Waals surface area contributed by atoms with Crippen LogP contribution in [-0.4, -0.2) is 53.9 Å². The lowest BCUT2D eigenvalue weighted by atomic mass is 10.1. The molecule has 5 nitrogen and oxygen atoms in total. The summed E-state index contributed by atoms with van der Waals surface area (Å²) >= 11 is 0. The molecular weight excluding hydrogens is 325 g/mol. The van der Waals surface area contributed by atoms with Crippen LogP contribution in [0.3, 0.4) is 0 Å². The average molecular weight is 344 g/mol. The summed E-state index contributed by atoms with van der Waals surface area (Å²) in [5.74, 6) is -0.391. The first kappa shape index (κ1) is 18.3. The molecule has 0 bridgehead atoms. The molecule has 1 aromatic carbocycles. The van der Waals surface area contributed by atoms with E-state index in [1.54, 1.807) is 7.05 Å². The van der Waals surface area contributed by atoms with Gasteiger partial charge in [-0.1, -0.05) is 0 Å². The Balaban J connectivity index is 2.32. The van der Waals surface area contributed by atoms with E-state index in [1.807, 2.05) is 0 Å². The van der Waals surface area contributed by atoms with Crippen LogP contribution in [0.1, 0.15) is 16.1 Å². The minimum Gasteiger partial charge on any atom is -0.389 e. The summed E-state index contributed by atoms with van der Waals surface area (Å²) < 4.78 is 44.8. The number of nitrogens with zero attached hydrogens (tertiary/aromatic N) is 2. The van der Waals surface area contributed by atoms with Crippen molar-refractivity contribution in [1.82, 2.24) is 9.47 Å². The maximum Gasteiger partial charge on any atom is 0.416 e. The lowest BCUT2D eigenvalue weighted by Crippen LogP contribution is -2.36. The standard InChI is InChI=1S/C16H19F3N2O3/c1-20(8-12(22)9-24-3)15(23)14-7-10-6-11(16(17,18)19)4-5-13(10)21(14)2/h4-7,12,22H,8-9H2,1-3H3/t12-/m0/s1. The summed E-state index contributed by atoms with van der Waals surface area (Å²) in [7, 11) is 4.56. The van der Waals surface area contributed by atoms with Crippen molar-refractivity contribution < 1.29 is 27.8 Å². The third-order valence-electron chi connectivity index (χ3n) is 3.78. The molecule has 1 atom stereocenters. The maximum atomic E-state index is 12.8. The number of carbonyl (C=O) groups is 1. The molecule has 2 rings (SSSR count). The average Bonchev–Trinajstić information content (AvgIpc) is 2.82. The van der Waals surface area contributed by atoms with Crippen molar-refractivity contribution in [2.75, 3.05) is 27.3 Å². The van der Waals surface area contributed by atoms with Crippen molar-refractivity contribution in [2.24, 2.45) is 7.05 Å². The van der Waals surface area contributed by atoms with Gasteiger partial charge in [-0.05, 0) is 24.3 Å². The Kier molecular flexibility index (Phi) is 5.19. The zero-order valence-corrected chi connectivity index (χ0v) is 13.6. The van der Waals surface area contributed by atoms with Crippen LogP contribution in [0, 0.1) is 0 Å². The molecule has 0 saturated heterocycles. The zero-order valence-electron chi connectivity index (χ0n) is 13.6. The SMILES string of the molecule is COC[C@@H](O)CN(C)C(=O)c1cc2cc(C(F)(F)F)ccc2n1C. The molecule has 0 radical (unpaired) electrons. The molecule has 0 saturated carbocycles. The maximum absolute atomic E-state index is 12.8. The Morgan fingerprint density at radius 2 is 2.04 bits per heavy atom. The highest BCUT2D eigenvalue weighted by Gasteiger charge is 2.31. The molecule has 0 fully saturated rings. The van der Waals surface area contributed by atoms with E-state index in [-0.39, 0.29) is 18.8 Å². The van der Waals surface area contributed by atoms with E-state index in [2.05, 4.69) is 0 Å². The molecule has 1 N–H and O–H groups in total. The Bertz CT molecular complexity index is 740. The quantitative estimate of drug-likeness (QED) is 0.905. The second-order valence-electron chi connectivity index (χ2n) is 5.65. The van der Waals surface area contributed by atoms with Gasteiger partial charge in [0.1, 0.15) is 5.69 Å². The molecule has 8 heteroatoms. The number of hydrogen-bond acceptors (Lipinski definition) is 3. The number of ether oxygens (including phenoxy) is 1. The fourth-order valence-corrected chi connectivity index (χ4v) is 2.57. The number of aromatic nitrogens is 1. The van der Waals surface area contributed by atoms with Crippen molar-refractivity contribution in [2.45, 2.75) is 12.3 Å². The van der Waals surface area contributed by atoms with Crippen molar-refractivity contribution in [3.63, 3.8) is 0 Å². The zero-order chi connectivity index (χ0) is 18.1. The van der Waals surface area contributed by atoms with Gasteiger partial charge in [-0.25, -0.2) is 0 Å². The fourth-order valence-electron chi connectivity index (χ4n) is 2.57. The van der Waals surface area contributed by atoms with Crippen LogP contribution >= 0.6 is 0 Å². The van der Waals surface area contributed by atoms with Crippen LogP contribution in [0.2, 0.25) is 0 Å². The first-order valence-electron chi connectivity index (χ1n) is 7.24. The van der Waals surface area contributed by atoms with E-state index < -0.39 is 23.8 Å². The number of rotatable bonds is 5. The Morgan fingerprint density at radius 1 is 1.38 bits per heavy atom. The molecule has 1 heterocycles. The molecule has 132 valence electrons. The van der Waals surface area contributed by atoms with E-state index >= 15 is 0 Å². The summed E-state index contributed by atoms with van der Waals surface area (Å²) in [5, 5.41) is 10.0. The van der Waals surface area contributed by atoms with Crippen LogP contribution in [0.25, 0.3) is 10.9 Å². The van der Waals surface area contributed by atoms with Crippen molar-refractivity contribution >= 4 is 16.8 Å². The summed E-state index contributed by atoms with van der Waals surface area (Å²) in [4.78, 5) is 13.8. The number of methoxy groups -OCH3 is 1. The van der Waals surface area contributed by atoms with Gasteiger partial charge >= 0.3 is 6.18 Å². The normalized spacial score (nSPS) is 13.3. The molecule has 0 spiro atoms. The van der Waals surface area contributed by atoms with Gasteiger partial charge in [0.2, 0.25) is 0 Å². The number of fused-ring (bicyclic) bond motifs is 1. The van der Waals surface area contributed by atoms with Gasteiger partial charge in [0.05, 0.1) is 18.3 Å². The lowest BCUT2D eigenvalue weighted by molar-refractivity contribution is -0.137. The van der Waals surface area contributed by atoms with Crippen molar-refractivity contribution in [3.8, 4) is 0 Å². The number of benzene rings is 1. The van der Waals surface area contributed by atoms with Gasteiger partial charge < -0.3 is 19.3 Å². The second-order valence-corrected chi connectivity index (χ2v) is 5.65. The minimum atomic E-state index is -4.44. The van der Waals surface area contributed by atoms with Crippen LogP contribution in [0.5, 0.6) is 0 Å². The van der Waals surface area contributed by atoms with Crippen LogP contribution in [0.4, 0.5) is 13.2 Å². The number of alkyl halides is 3. The number of aliphatic hydroxyl groups is 1. The van der Waals surface area contributed by atoms with Crippen molar-refractivity contribution in [3.05, 3.63) is 35.5 Å². The molecule has 0 aliphatic heterocycles. The van der Waals surface area contributed by atoms with E-state index in [9.17, 15) is 23.1 Å². The molecule has 1 aromatic heterocycles. The van der Waals surface area contributed by atoms with E-state index in [0.29, 0.717) is 10.9 Å². The Hall–Kier alpha value is -2.06. The number of carbonyl (C=O) groups excluding carboxylic acids is 1. The van der Waals surface area contributed by atoms with Crippen LogP contribution in [0.15, 0.2) is 24.3 Å². The molecule has 2 aromatic rings. The number of likely N-dealkylation sites (N-methyl/N-ethyl adjacent to an activating group) is 1. The van der Waals surface area contributed by atoms with Crippen LogP contribution in [-0.2, 0) is 18.0 Å². The highest BCUT2D eigenvalue weighted by atomic mass is 19.4. The largest absolute Gasteiger partial charge is 0.416 e. The van der Waals surface area contributed by atoms with E-state index in [1.165, 1.54) is 35.8 Å². The number of amides is 1. The molecule has 24 heavy (non-hydrogen) atoms. The smallest absolute Gasteiger partial charge is 0.389 e.